The molecular formula is C16H18ClN3O2S2. The molecule has 2 aromatic heterocycles. The Balaban J connectivity index is 0.00000208. The third-order valence-corrected chi connectivity index (χ3v) is 5.42. The van der Waals surface area contributed by atoms with Gasteiger partial charge in [-0.15, -0.1) is 24.2 Å². The van der Waals surface area contributed by atoms with Crippen LogP contribution in [0.1, 0.15) is 19.8 Å². The van der Waals surface area contributed by atoms with Crippen molar-refractivity contribution in [1.29, 1.82) is 0 Å². The van der Waals surface area contributed by atoms with Gasteiger partial charge in [-0.25, -0.2) is 4.98 Å². The molecule has 3 heterocycles. The summed E-state index contributed by atoms with van der Waals surface area (Å²) in [5.41, 5.74) is 0.892. The van der Waals surface area contributed by atoms with Gasteiger partial charge >= 0.3 is 0 Å². The lowest BCUT2D eigenvalue weighted by Crippen LogP contribution is -2.30. The lowest BCUT2D eigenvalue weighted by atomic mass is 10.3. The highest BCUT2D eigenvalue weighted by molar-refractivity contribution is 8.18. The van der Waals surface area contributed by atoms with E-state index in [9.17, 15) is 9.59 Å². The van der Waals surface area contributed by atoms with E-state index < -0.39 is 0 Å². The lowest BCUT2D eigenvalue weighted by Gasteiger charge is -2.12. The van der Waals surface area contributed by atoms with Crippen LogP contribution in [-0.4, -0.2) is 37.7 Å². The first kappa shape index (κ1) is 18.9. The van der Waals surface area contributed by atoms with Gasteiger partial charge in [-0.2, -0.15) is 0 Å². The van der Waals surface area contributed by atoms with Crippen LogP contribution in [-0.2, 0) is 4.79 Å². The van der Waals surface area contributed by atoms with Gasteiger partial charge in [0, 0.05) is 24.7 Å². The summed E-state index contributed by atoms with van der Waals surface area (Å²) in [6.45, 7) is 2.47. The highest BCUT2D eigenvalue weighted by atomic mass is 35.5. The summed E-state index contributed by atoms with van der Waals surface area (Å²) in [6, 6.07) is 5.91. The fourth-order valence-electron chi connectivity index (χ4n) is 2.29. The molecule has 0 N–H and O–H groups in total. The van der Waals surface area contributed by atoms with Crippen molar-refractivity contribution in [2.24, 2.45) is 0 Å². The van der Waals surface area contributed by atoms with Crippen LogP contribution in [0.15, 0.2) is 46.6 Å². The second-order valence-electron chi connectivity index (χ2n) is 5.05. The number of thioether (sulfide) groups is 2. The van der Waals surface area contributed by atoms with E-state index in [0.717, 1.165) is 35.3 Å². The van der Waals surface area contributed by atoms with Gasteiger partial charge < -0.3 is 0 Å². The third-order valence-electron chi connectivity index (χ3n) is 3.45. The fraction of sp³-hybridized carbons (Fsp3) is 0.312. The average Bonchev–Trinajstić information content (AvgIpc) is 3.13. The number of amides is 2. The van der Waals surface area contributed by atoms with Crippen LogP contribution < -0.4 is 0 Å². The highest BCUT2D eigenvalue weighted by Gasteiger charge is 2.34. The van der Waals surface area contributed by atoms with Gasteiger partial charge in [-0.3, -0.25) is 18.9 Å². The molecule has 3 rings (SSSR count). The molecule has 0 saturated carbocycles. The summed E-state index contributed by atoms with van der Waals surface area (Å²) in [5.74, 6) is 0.506. The lowest BCUT2D eigenvalue weighted by molar-refractivity contribution is -0.122. The molecule has 0 spiro atoms. The summed E-state index contributed by atoms with van der Waals surface area (Å²) in [5, 5.41) is 0.882. The van der Waals surface area contributed by atoms with E-state index in [-0.39, 0.29) is 23.6 Å². The molecule has 24 heavy (non-hydrogen) atoms. The van der Waals surface area contributed by atoms with E-state index in [1.807, 2.05) is 41.8 Å². The van der Waals surface area contributed by atoms with Crippen LogP contribution in [0, 0.1) is 0 Å². The molecule has 0 radical (unpaired) electrons. The van der Waals surface area contributed by atoms with Crippen molar-refractivity contribution in [3.63, 3.8) is 0 Å². The number of pyridine rings is 1. The summed E-state index contributed by atoms with van der Waals surface area (Å²) in [7, 11) is 0. The predicted octanol–water partition coefficient (Wildman–Crippen LogP) is 4.23. The molecule has 1 aliphatic heterocycles. The Morgan fingerprint density at radius 1 is 1.33 bits per heavy atom. The van der Waals surface area contributed by atoms with E-state index in [1.165, 1.54) is 4.90 Å². The predicted molar refractivity (Wildman–Crippen MR) is 101 cm³/mol. The van der Waals surface area contributed by atoms with Gasteiger partial charge in [0.05, 0.1) is 9.93 Å². The molecule has 0 unspecified atom stereocenters. The largest absolute Gasteiger partial charge is 0.294 e. The first-order chi connectivity index (χ1) is 11.2. The van der Waals surface area contributed by atoms with Gasteiger partial charge in [0.25, 0.3) is 11.1 Å². The van der Waals surface area contributed by atoms with Crippen molar-refractivity contribution in [3.05, 3.63) is 41.6 Å². The molecule has 2 amide bonds. The second kappa shape index (κ2) is 8.60. The molecule has 1 aliphatic rings. The Hall–Kier alpha value is -1.44. The first-order valence-corrected chi connectivity index (χ1v) is 9.29. The standard InChI is InChI=1S/C16H17N3O2S2.ClH/c1-2-3-5-12-15(20)19(16(21)23-12)10-11-22-14-7-4-6-13-17-8-9-18(13)14;/h4-9H,2-3,10-11H2,1H3;1H. The minimum atomic E-state index is -0.168. The van der Waals surface area contributed by atoms with Crippen molar-refractivity contribution < 1.29 is 9.59 Å². The first-order valence-electron chi connectivity index (χ1n) is 7.49. The van der Waals surface area contributed by atoms with E-state index >= 15 is 0 Å². The van der Waals surface area contributed by atoms with Gasteiger partial charge in [0.1, 0.15) is 5.65 Å². The third kappa shape index (κ3) is 3.96. The molecule has 8 heteroatoms. The van der Waals surface area contributed by atoms with Crippen molar-refractivity contribution in [2.45, 2.75) is 24.8 Å². The van der Waals surface area contributed by atoms with Crippen molar-refractivity contribution in [3.8, 4) is 0 Å². The summed E-state index contributed by atoms with van der Waals surface area (Å²) >= 11 is 2.66. The zero-order chi connectivity index (χ0) is 16.2. The minimum absolute atomic E-state index is 0. The molecule has 0 atom stereocenters. The Kier molecular flexibility index (Phi) is 6.77. The minimum Gasteiger partial charge on any atom is -0.294 e. The van der Waals surface area contributed by atoms with E-state index in [4.69, 9.17) is 0 Å². The zero-order valence-corrected chi connectivity index (χ0v) is 15.6. The quantitative estimate of drug-likeness (QED) is 0.552. The number of unbranched alkanes of at least 4 members (excludes halogenated alkanes) is 1. The van der Waals surface area contributed by atoms with Crippen LogP contribution in [0.3, 0.4) is 0 Å². The Morgan fingerprint density at radius 3 is 2.96 bits per heavy atom. The van der Waals surface area contributed by atoms with E-state index in [0.29, 0.717) is 17.2 Å². The van der Waals surface area contributed by atoms with Crippen LogP contribution >= 0.6 is 35.9 Å². The van der Waals surface area contributed by atoms with Gasteiger partial charge in [-0.05, 0) is 30.3 Å². The molecule has 1 fully saturated rings. The number of aromatic nitrogens is 2. The molecule has 5 nitrogen and oxygen atoms in total. The topological polar surface area (TPSA) is 54.7 Å². The number of rotatable bonds is 6. The fourth-order valence-corrected chi connectivity index (χ4v) is 4.11. The second-order valence-corrected chi connectivity index (χ2v) is 7.16. The number of halogens is 1. The number of nitrogens with zero attached hydrogens (tertiary/aromatic N) is 3. The maximum atomic E-state index is 12.2. The number of fused-ring (bicyclic) bond motifs is 1. The molecule has 0 bridgehead atoms. The van der Waals surface area contributed by atoms with Crippen LogP contribution in [0.2, 0.25) is 0 Å². The smallest absolute Gasteiger partial charge is 0.293 e. The zero-order valence-electron chi connectivity index (χ0n) is 13.2. The average molecular weight is 384 g/mol. The van der Waals surface area contributed by atoms with Crippen molar-refractivity contribution >= 4 is 52.7 Å². The van der Waals surface area contributed by atoms with Crippen molar-refractivity contribution in [1.82, 2.24) is 14.3 Å². The molecule has 128 valence electrons. The number of hydrogen-bond donors (Lipinski definition) is 0. The number of hydrogen-bond acceptors (Lipinski definition) is 5. The maximum Gasteiger partial charge on any atom is 0.293 e. The van der Waals surface area contributed by atoms with Gasteiger partial charge in [-0.1, -0.05) is 25.5 Å². The van der Waals surface area contributed by atoms with Crippen molar-refractivity contribution in [2.75, 3.05) is 12.3 Å². The molecule has 2 aromatic rings. The number of carbonyl (C=O) groups excluding carboxylic acids is 2. The summed E-state index contributed by atoms with van der Waals surface area (Å²) in [4.78, 5) is 30.4. The van der Waals surface area contributed by atoms with Gasteiger partial charge in [0.15, 0.2) is 0 Å². The molecule has 0 aromatic carbocycles. The Bertz CT molecular complexity index is 776. The number of allylic oxidation sites excluding steroid dienone is 1. The van der Waals surface area contributed by atoms with E-state index in [2.05, 4.69) is 4.98 Å². The normalized spacial score (nSPS) is 16.2. The summed E-state index contributed by atoms with van der Waals surface area (Å²) in [6.07, 6.45) is 7.33. The number of imide groups is 1. The highest BCUT2D eigenvalue weighted by Crippen LogP contribution is 2.31. The SMILES string of the molecule is CCCC=C1SC(=O)N(CCSc2cccc3nccn23)C1=O.Cl. The maximum absolute atomic E-state index is 12.2. The Labute approximate surface area is 155 Å². The van der Waals surface area contributed by atoms with Gasteiger partial charge in [0.2, 0.25) is 0 Å². The Morgan fingerprint density at radius 2 is 2.17 bits per heavy atom. The van der Waals surface area contributed by atoms with E-state index in [1.54, 1.807) is 18.0 Å². The monoisotopic (exact) mass is 383 g/mol. The van der Waals surface area contributed by atoms with Crippen LogP contribution in [0.25, 0.3) is 5.65 Å². The molecule has 0 aliphatic carbocycles. The summed E-state index contributed by atoms with van der Waals surface area (Å²) < 4.78 is 2.00. The van der Waals surface area contributed by atoms with Crippen LogP contribution in [0.4, 0.5) is 4.79 Å². The molecule has 1 saturated heterocycles. The number of carbonyl (C=O) groups is 2. The van der Waals surface area contributed by atoms with Crippen LogP contribution in [0.5, 0.6) is 0 Å². The number of imidazole rings is 1. The molecular weight excluding hydrogens is 366 g/mol.